The molecule has 0 saturated carbocycles. The van der Waals surface area contributed by atoms with Crippen LogP contribution in [0.2, 0.25) is 0 Å². The lowest BCUT2D eigenvalue weighted by molar-refractivity contribution is 1.22. The normalized spacial score (nSPS) is 10.3. The fourth-order valence-electron chi connectivity index (χ4n) is 0.419. The van der Waals surface area contributed by atoms with Crippen molar-refractivity contribution < 1.29 is 0 Å². The van der Waals surface area contributed by atoms with Gasteiger partial charge >= 0.3 is 0 Å². The predicted octanol–water partition coefficient (Wildman–Crippen LogP) is -0.563. The highest BCUT2D eigenvalue weighted by atomic mass is 15.0. The van der Waals surface area contributed by atoms with E-state index in [4.69, 9.17) is 16.3 Å². The highest BCUT2D eigenvalue weighted by molar-refractivity contribution is 5.99. The Morgan fingerprint density at radius 2 is 2.25 bits per heavy atom. The van der Waals surface area contributed by atoms with Crippen LogP contribution in [0, 0.1) is 22.9 Å². The Hall–Kier alpha value is -2.34. The van der Waals surface area contributed by atoms with Gasteiger partial charge in [-0.1, -0.05) is 6.58 Å². The molecular formula is C6H6N6. The molecule has 0 fully saturated rings. The van der Waals surface area contributed by atoms with Gasteiger partial charge in [-0.25, -0.2) is 4.99 Å². The van der Waals surface area contributed by atoms with E-state index in [0.717, 1.165) is 6.34 Å². The largest absolute Gasteiger partial charge is 0.390 e. The van der Waals surface area contributed by atoms with Crippen LogP contribution in [0.3, 0.4) is 0 Å². The van der Waals surface area contributed by atoms with Gasteiger partial charge < -0.3 is 5.73 Å². The van der Waals surface area contributed by atoms with E-state index in [0.29, 0.717) is 0 Å². The molecule has 0 heterocycles. The fraction of sp³-hybridized carbons (Fsp3) is 0. The summed E-state index contributed by atoms with van der Waals surface area (Å²) in [5.41, 5.74) is 5.08. The maximum Gasteiger partial charge on any atom is 0.207 e. The fourth-order valence-corrected chi connectivity index (χ4v) is 0.419. The van der Waals surface area contributed by atoms with Gasteiger partial charge in [0.1, 0.15) is 5.70 Å². The van der Waals surface area contributed by atoms with Crippen molar-refractivity contribution >= 4 is 12.2 Å². The number of nitrogens with zero attached hydrogens (tertiary/aromatic N) is 4. The van der Waals surface area contributed by atoms with Gasteiger partial charge in [-0.15, -0.1) is 0 Å². The van der Waals surface area contributed by atoms with Crippen LogP contribution < -0.4 is 11.1 Å². The molecular weight excluding hydrogens is 156 g/mol. The number of hydrogen-bond donors (Lipinski definition) is 2. The van der Waals surface area contributed by atoms with Crippen molar-refractivity contribution in [2.24, 2.45) is 15.7 Å². The number of nitrogens with two attached hydrogens (primary N) is 1. The lowest BCUT2D eigenvalue weighted by Gasteiger charge is -1.97. The number of nitrogens with one attached hydrogen (secondary N) is 1. The number of hydrogen-bond acceptors (Lipinski definition) is 4. The molecule has 0 spiro atoms. The topological polar surface area (TPSA) is 110 Å². The minimum Gasteiger partial charge on any atom is -0.390 e. The summed E-state index contributed by atoms with van der Waals surface area (Å²) >= 11 is 0. The maximum atomic E-state index is 8.20. The molecule has 12 heavy (non-hydrogen) atoms. The SMILES string of the molecule is C=C(N=CN)C(=NC#N)NC#N. The van der Waals surface area contributed by atoms with Crippen molar-refractivity contribution in [1.29, 1.82) is 10.5 Å². The predicted molar refractivity (Wildman–Crippen MR) is 43.6 cm³/mol. The van der Waals surface area contributed by atoms with E-state index < -0.39 is 0 Å². The van der Waals surface area contributed by atoms with Gasteiger partial charge in [0.25, 0.3) is 0 Å². The van der Waals surface area contributed by atoms with Crippen LogP contribution in [-0.2, 0) is 0 Å². The lowest BCUT2D eigenvalue weighted by Crippen LogP contribution is -2.18. The van der Waals surface area contributed by atoms with Crippen molar-refractivity contribution in [3.05, 3.63) is 12.3 Å². The van der Waals surface area contributed by atoms with E-state index >= 15 is 0 Å². The molecule has 0 bridgehead atoms. The zero-order valence-corrected chi connectivity index (χ0v) is 6.15. The highest BCUT2D eigenvalue weighted by Gasteiger charge is 2.00. The molecule has 60 valence electrons. The van der Waals surface area contributed by atoms with Gasteiger partial charge in [0, 0.05) is 0 Å². The van der Waals surface area contributed by atoms with Gasteiger partial charge in [0.15, 0.2) is 12.0 Å². The third-order valence-corrected chi connectivity index (χ3v) is 0.840. The molecule has 0 aromatic heterocycles. The number of nitriles is 2. The minimum absolute atomic E-state index is 0.0123. The molecule has 0 aliphatic heterocycles. The van der Waals surface area contributed by atoms with Crippen LogP contribution in [0.15, 0.2) is 22.3 Å². The Kier molecular flexibility index (Phi) is 4.38. The molecule has 0 aliphatic carbocycles. The summed E-state index contributed by atoms with van der Waals surface area (Å²) in [4.78, 5) is 6.78. The van der Waals surface area contributed by atoms with Crippen molar-refractivity contribution in [1.82, 2.24) is 5.32 Å². The van der Waals surface area contributed by atoms with Crippen LogP contribution in [0.4, 0.5) is 0 Å². The quantitative estimate of drug-likeness (QED) is 0.245. The third-order valence-electron chi connectivity index (χ3n) is 0.840. The van der Waals surface area contributed by atoms with Gasteiger partial charge in [-0.3, -0.25) is 5.32 Å². The van der Waals surface area contributed by atoms with E-state index in [1.807, 2.05) is 0 Å². The maximum absolute atomic E-state index is 8.20. The van der Waals surface area contributed by atoms with Gasteiger partial charge in [-0.05, 0) is 0 Å². The summed E-state index contributed by atoms with van der Waals surface area (Å²) in [7, 11) is 0. The van der Waals surface area contributed by atoms with E-state index in [9.17, 15) is 0 Å². The van der Waals surface area contributed by atoms with Crippen LogP contribution >= 0.6 is 0 Å². The molecule has 0 aromatic rings. The molecule has 0 aliphatic rings. The Morgan fingerprint density at radius 1 is 1.58 bits per heavy atom. The molecule has 6 nitrogen and oxygen atoms in total. The Balaban J connectivity index is 4.57. The molecule has 0 amide bonds. The second kappa shape index (κ2) is 5.45. The average molecular weight is 162 g/mol. The summed E-state index contributed by atoms with van der Waals surface area (Å²) in [6.07, 6.45) is 4.07. The van der Waals surface area contributed by atoms with Crippen molar-refractivity contribution in [3.8, 4) is 12.4 Å². The third kappa shape index (κ3) is 2.99. The average Bonchev–Trinajstić information content (AvgIpc) is 2.04. The first kappa shape index (κ1) is 9.66. The first-order valence-corrected chi connectivity index (χ1v) is 2.81. The highest BCUT2D eigenvalue weighted by Crippen LogP contribution is 1.92. The van der Waals surface area contributed by atoms with E-state index in [2.05, 4.69) is 21.9 Å². The van der Waals surface area contributed by atoms with Gasteiger partial charge in [0.05, 0.1) is 6.34 Å². The van der Waals surface area contributed by atoms with E-state index in [-0.39, 0.29) is 11.5 Å². The Bertz CT molecular complexity index is 299. The molecule has 6 heteroatoms. The van der Waals surface area contributed by atoms with Crippen LogP contribution in [-0.4, -0.2) is 12.2 Å². The summed E-state index contributed by atoms with van der Waals surface area (Å²) in [5, 5.41) is 18.5. The number of aliphatic imine (C=N–C) groups is 2. The van der Waals surface area contributed by atoms with Crippen molar-refractivity contribution in [3.63, 3.8) is 0 Å². The van der Waals surface area contributed by atoms with Crippen LogP contribution in [0.1, 0.15) is 0 Å². The van der Waals surface area contributed by atoms with Crippen molar-refractivity contribution in [2.75, 3.05) is 0 Å². The summed E-state index contributed by atoms with van der Waals surface area (Å²) < 4.78 is 0. The summed E-state index contributed by atoms with van der Waals surface area (Å²) in [6.45, 7) is 3.41. The smallest absolute Gasteiger partial charge is 0.207 e. The molecule has 0 rings (SSSR count). The number of amidine groups is 1. The summed E-state index contributed by atoms with van der Waals surface area (Å²) in [5.74, 6) is -0.0123. The Morgan fingerprint density at radius 3 is 2.67 bits per heavy atom. The Labute approximate surface area is 69.3 Å². The minimum atomic E-state index is -0.0123. The van der Waals surface area contributed by atoms with Crippen LogP contribution in [0.25, 0.3) is 0 Å². The van der Waals surface area contributed by atoms with E-state index in [1.54, 1.807) is 6.19 Å². The molecule has 0 unspecified atom stereocenters. The molecule has 3 N–H and O–H groups in total. The second-order valence-corrected chi connectivity index (χ2v) is 1.52. The first-order valence-electron chi connectivity index (χ1n) is 2.81. The molecule has 0 saturated heterocycles. The lowest BCUT2D eigenvalue weighted by atomic mass is 10.4. The van der Waals surface area contributed by atoms with Crippen LogP contribution in [0.5, 0.6) is 0 Å². The van der Waals surface area contributed by atoms with Crippen molar-refractivity contribution in [2.45, 2.75) is 0 Å². The zero-order valence-electron chi connectivity index (χ0n) is 6.15. The monoisotopic (exact) mass is 162 g/mol. The zero-order chi connectivity index (χ0) is 9.40. The summed E-state index contributed by atoms with van der Waals surface area (Å²) in [6, 6.07) is 0. The van der Waals surface area contributed by atoms with Gasteiger partial charge in [0.2, 0.25) is 6.19 Å². The van der Waals surface area contributed by atoms with E-state index in [1.165, 1.54) is 6.19 Å². The molecule has 0 radical (unpaired) electrons. The standard InChI is InChI=1S/C6H6N6/c1-5(10-2-7)6(11-3-8)12-4-9/h2H,1H2,(H2,7,10)(H,11,12). The number of rotatable bonds is 2. The van der Waals surface area contributed by atoms with Gasteiger partial charge in [-0.2, -0.15) is 15.5 Å². The molecule has 0 aromatic carbocycles. The molecule has 0 atom stereocenters. The second-order valence-electron chi connectivity index (χ2n) is 1.52. The first-order chi connectivity index (χ1) is 5.76.